The van der Waals surface area contributed by atoms with Gasteiger partial charge in [-0.2, -0.15) is 0 Å². The van der Waals surface area contributed by atoms with E-state index in [4.69, 9.17) is 4.42 Å². The number of imide groups is 1. The molecule has 1 aliphatic rings. The van der Waals surface area contributed by atoms with Gasteiger partial charge in [0.25, 0.3) is 5.91 Å². The number of rotatable bonds is 7. The summed E-state index contributed by atoms with van der Waals surface area (Å²) in [5.74, 6) is 0.0917. The molecule has 2 N–H and O–H groups in total. The topological polar surface area (TPSA) is 105 Å². The Balaban J connectivity index is 1.41. The van der Waals surface area contributed by atoms with E-state index in [0.29, 0.717) is 18.0 Å². The molecule has 1 fully saturated rings. The molecule has 3 heterocycles. The summed E-state index contributed by atoms with van der Waals surface area (Å²) in [6, 6.07) is 3.41. The van der Waals surface area contributed by atoms with Crippen molar-refractivity contribution >= 4 is 29.2 Å². The Kier molecular flexibility index (Phi) is 5.08. The van der Waals surface area contributed by atoms with Gasteiger partial charge in [0.2, 0.25) is 11.8 Å². The molecule has 2 aromatic heterocycles. The van der Waals surface area contributed by atoms with Crippen molar-refractivity contribution in [1.82, 2.24) is 20.5 Å². The largest absolute Gasteiger partial charge is 0.443 e. The highest BCUT2D eigenvalue weighted by Gasteiger charge is 2.43. The smallest absolute Gasteiger partial charge is 0.325 e. The number of hydrogen-bond acceptors (Lipinski definition) is 6. The summed E-state index contributed by atoms with van der Waals surface area (Å²) in [4.78, 5) is 42.2. The van der Waals surface area contributed by atoms with Crippen molar-refractivity contribution < 1.29 is 18.8 Å². The first-order valence-electron chi connectivity index (χ1n) is 8.26. The van der Waals surface area contributed by atoms with E-state index >= 15 is 0 Å². The molecule has 2 aromatic rings. The second-order valence-corrected chi connectivity index (χ2v) is 7.46. The third-order valence-corrected chi connectivity index (χ3v) is 4.84. The van der Waals surface area contributed by atoms with Gasteiger partial charge in [0, 0.05) is 13.0 Å². The highest BCUT2D eigenvalue weighted by molar-refractivity contribution is 7.13. The fourth-order valence-electron chi connectivity index (χ4n) is 2.60. The van der Waals surface area contributed by atoms with Crippen molar-refractivity contribution in [2.24, 2.45) is 0 Å². The third-order valence-electron chi connectivity index (χ3n) is 3.98. The molecule has 8 nitrogen and oxygen atoms in total. The summed E-state index contributed by atoms with van der Waals surface area (Å²) in [6.07, 6.45) is 2.14. The van der Waals surface area contributed by atoms with Crippen molar-refractivity contribution in [3.63, 3.8) is 0 Å². The van der Waals surface area contributed by atoms with E-state index in [2.05, 4.69) is 15.6 Å². The summed E-state index contributed by atoms with van der Waals surface area (Å²) in [5.41, 5.74) is -0.246. The summed E-state index contributed by atoms with van der Waals surface area (Å²) in [5, 5.41) is 7.31. The number of carbonyl (C=O) groups excluding carboxylic acids is 3. The zero-order chi connectivity index (χ0) is 18.7. The Labute approximate surface area is 154 Å². The van der Waals surface area contributed by atoms with Gasteiger partial charge >= 0.3 is 6.03 Å². The van der Waals surface area contributed by atoms with Crippen molar-refractivity contribution in [3.8, 4) is 10.8 Å². The molecule has 26 heavy (non-hydrogen) atoms. The van der Waals surface area contributed by atoms with Crippen molar-refractivity contribution in [2.45, 2.75) is 38.8 Å². The van der Waals surface area contributed by atoms with Crippen molar-refractivity contribution in [1.29, 1.82) is 0 Å². The van der Waals surface area contributed by atoms with E-state index in [1.54, 1.807) is 13.8 Å². The quantitative estimate of drug-likeness (QED) is 0.721. The number of nitrogens with one attached hydrogen (secondary N) is 2. The molecular weight excluding hydrogens is 356 g/mol. The predicted molar refractivity (Wildman–Crippen MR) is 95.2 cm³/mol. The van der Waals surface area contributed by atoms with E-state index in [1.807, 2.05) is 17.5 Å². The number of nitrogens with zero attached hydrogens (tertiary/aromatic N) is 2. The van der Waals surface area contributed by atoms with E-state index in [9.17, 15) is 14.4 Å². The maximum atomic E-state index is 12.0. The number of hydrogen-bond donors (Lipinski definition) is 2. The predicted octanol–water partition coefficient (Wildman–Crippen LogP) is 2.13. The Bertz CT molecular complexity index is 813. The lowest BCUT2D eigenvalue weighted by Crippen LogP contribution is -2.40. The minimum Gasteiger partial charge on any atom is -0.443 e. The average Bonchev–Trinajstić information content (AvgIpc) is 3.29. The van der Waals surface area contributed by atoms with Crippen LogP contribution in [0.5, 0.6) is 0 Å². The lowest BCUT2D eigenvalue weighted by Gasteiger charge is -2.15. The number of amides is 4. The van der Waals surface area contributed by atoms with Gasteiger partial charge in [-0.15, -0.1) is 11.3 Å². The molecule has 9 heteroatoms. The van der Waals surface area contributed by atoms with Gasteiger partial charge in [0.15, 0.2) is 0 Å². The molecule has 1 saturated heterocycles. The Morgan fingerprint density at radius 3 is 2.88 bits per heavy atom. The molecule has 3 rings (SSSR count). The van der Waals surface area contributed by atoms with Gasteiger partial charge in [-0.25, -0.2) is 9.78 Å². The number of thiophene rings is 1. The summed E-state index contributed by atoms with van der Waals surface area (Å²) in [7, 11) is 0. The second-order valence-electron chi connectivity index (χ2n) is 6.51. The molecular formula is C17H20N4O4S. The summed E-state index contributed by atoms with van der Waals surface area (Å²) < 4.78 is 5.39. The standard InChI is InChI=1S/C17H20N4O4S/c1-17(2)15(23)21(16(24)20-17)7-3-6-13(22)18-9-11-10-25-14(19-11)12-5-4-8-26-12/h4-5,8,10H,3,6-7,9H2,1-2H3,(H,18,22)(H,20,24). The molecule has 0 unspecified atom stereocenters. The Morgan fingerprint density at radius 1 is 1.42 bits per heavy atom. The van der Waals surface area contributed by atoms with Gasteiger partial charge in [-0.3, -0.25) is 14.5 Å². The molecule has 0 bridgehead atoms. The first-order chi connectivity index (χ1) is 12.4. The Hall–Kier alpha value is -2.68. The maximum absolute atomic E-state index is 12.0. The molecule has 1 aliphatic heterocycles. The van der Waals surface area contributed by atoms with E-state index in [1.165, 1.54) is 17.6 Å². The fourth-order valence-corrected chi connectivity index (χ4v) is 3.25. The molecule has 0 aromatic carbocycles. The number of urea groups is 1. The van der Waals surface area contributed by atoms with E-state index in [-0.39, 0.29) is 31.3 Å². The highest BCUT2D eigenvalue weighted by Crippen LogP contribution is 2.23. The summed E-state index contributed by atoms with van der Waals surface area (Å²) in [6.45, 7) is 3.79. The first kappa shape index (κ1) is 18.1. The van der Waals surface area contributed by atoms with Crippen LogP contribution >= 0.6 is 11.3 Å². The number of aromatic nitrogens is 1. The molecule has 0 radical (unpaired) electrons. The SMILES string of the molecule is CC1(C)NC(=O)N(CCCC(=O)NCc2coc(-c3cccs3)n2)C1=O. The Morgan fingerprint density at radius 2 is 2.23 bits per heavy atom. The lowest BCUT2D eigenvalue weighted by atomic mass is 10.1. The highest BCUT2D eigenvalue weighted by atomic mass is 32.1. The van der Waals surface area contributed by atoms with Gasteiger partial charge in [-0.1, -0.05) is 6.07 Å². The zero-order valence-corrected chi connectivity index (χ0v) is 15.4. The second kappa shape index (κ2) is 7.28. The molecule has 138 valence electrons. The van der Waals surface area contributed by atoms with Crippen LogP contribution in [0, 0.1) is 0 Å². The normalized spacial score (nSPS) is 16.0. The van der Waals surface area contributed by atoms with Gasteiger partial charge in [-0.05, 0) is 31.7 Å². The van der Waals surface area contributed by atoms with Crippen LogP contribution in [0.25, 0.3) is 10.8 Å². The van der Waals surface area contributed by atoms with Crippen LogP contribution in [-0.4, -0.2) is 39.8 Å². The van der Waals surface area contributed by atoms with Gasteiger partial charge < -0.3 is 15.1 Å². The minimum absolute atomic E-state index is 0.169. The number of oxazole rings is 1. The summed E-state index contributed by atoms with van der Waals surface area (Å²) >= 11 is 1.53. The van der Waals surface area contributed by atoms with Crippen LogP contribution < -0.4 is 10.6 Å². The first-order valence-corrected chi connectivity index (χ1v) is 9.14. The van der Waals surface area contributed by atoms with Crippen molar-refractivity contribution in [3.05, 3.63) is 29.5 Å². The van der Waals surface area contributed by atoms with Crippen LogP contribution in [0.2, 0.25) is 0 Å². The maximum Gasteiger partial charge on any atom is 0.325 e. The average molecular weight is 376 g/mol. The monoisotopic (exact) mass is 376 g/mol. The zero-order valence-electron chi connectivity index (χ0n) is 14.6. The molecule has 0 saturated carbocycles. The molecule has 0 aliphatic carbocycles. The van der Waals surface area contributed by atoms with Crippen LogP contribution in [-0.2, 0) is 16.1 Å². The van der Waals surface area contributed by atoms with Crippen LogP contribution in [0.15, 0.2) is 28.2 Å². The van der Waals surface area contributed by atoms with Crippen LogP contribution in [0.1, 0.15) is 32.4 Å². The molecule has 0 spiro atoms. The molecule has 0 atom stereocenters. The fraction of sp³-hybridized carbons (Fsp3) is 0.412. The van der Waals surface area contributed by atoms with Crippen LogP contribution in [0.4, 0.5) is 4.79 Å². The van der Waals surface area contributed by atoms with E-state index < -0.39 is 11.6 Å². The van der Waals surface area contributed by atoms with Crippen LogP contribution in [0.3, 0.4) is 0 Å². The third kappa shape index (κ3) is 3.93. The van der Waals surface area contributed by atoms with Gasteiger partial charge in [0.1, 0.15) is 11.8 Å². The van der Waals surface area contributed by atoms with Crippen molar-refractivity contribution in [2.75, 3.05) is 6.54 Å². The lowest BCUT2D eigenvalue weighted by molar-refractivity contribution is -0.130. The molecule has 4 amide bonds. The minimum atomic E-state index is -0.882. The van der Waals surface area contributed by atoms with Gasteiger partial charge in [0.05, 0.1) is 17.1 Å². The number of carbonyl (C=O) groups is 3. The van der Waals surface area contributed by atoms with E-state index in [0.717, 1.165) is 9.78 Å².